The van der Waals surface area contributed by atoms with Crippen LogP contribution in [0.4, 0.5) is 0 Å². The number of rotatable bonds is 4. The highest BCUT2D eigenvalue weighted by molar-refractivity contribution is 5.96. The second-order valence-corrected chi connectivity index (χ2v) is 6.56. The fraction of sp³-hybridized carbons (Fsp3) is 0.500. The second kappa shape index (κ2) is 5.64. The Morgan fingerprint density at radius 2 is 2.10 bits per heavy atom. The smallest absolute Gasteiger partial charge is 0.234 e. The van der Waals surface area contributed by atoms with Crippen LogP contribution in [0.15, 0.2) is 24.4 Å². The first-order valence-electron chi connectivity index (χ1n) is 7.86. The van der Waals surface area contributed by atoms with Crippen molar-refractivity contribution in [3.05, 3.63) is 35.5 Å². The minimum Gasteiger partial charge on any atom is -0.309 e. The van der Waals surface area contributed by atoms with Crippen LogP contribution in [0.5, 0.6) is 0 Å². The maximum atomic E-state index is 12.6. The van der Waals surface area contributed by atoms with E-state index in [2.05, 4.69) is 50.3 Å². The number of carbonyl (C=O) groups is 1. The van der Waals surface area contributed by atoms with Gasteiger partial charge >= 0.3 is 0 Å². The highest BCUT2D eigenvalue weighted by atomic mass is 16.2. The molecule has 0 unspecified atom stereocenters. The van der Waals surface area contributed by atoms with Crippen LogP contribution >= 0.6 is 0 Å². The summed E-state index contributed by atoms with van der Waals surface area (Å²) < 4.78 is 1.91. The van der Waals surface area contributed by atoms with Gasteiger partial charge in [-0.05, 0) is 58.0 Å². The molecule has 0 atom stereocenters. The third-order valence-corrected chi connectivity index (χ3v) is 4.56. The van der Waals surface area contributed by atoms with E-state index in [1.807, 2.05) is 4.57 Å². The molecular formula is C18H24N2O. The Labute approximate surface area is 126 Å². The second-order valence-electron chi connectivity index (χ2n) is 6.56. The van der Waals surface area contributed by atoms with Crippen molar-refractivity contribution in [2.24, 2.45) is 5.92 Å². The number of aryl methyl sites for hydroxylation is 1. The standard InChI is InChI=1S/C18H24N2O/c1-13-7-8-17-16(11-13)15(9-10-19(2)3)12-20(17)18(21)14-5-4-6-14/h7-8,11-12,14H,4-6,9-10H2,1-3H3. The maximum absolute atomic E-state index is 12.6. The van der Waals surface area contributed by atoms with Crippen molar-refractivity contribution >= 4 is 16.8 Å². The lowest BCUT2D eigenvalue weighted by Crippen LogP contribution is -2.26. The van der Waals surface area contributed by atoms with Gasteiger partial charge in [0.05, 0.1) is 5.52 Å². The zero-order valence-corrected chi connectivity index (χ0v) is 13.2. The summed E-state index contributed by atoms with van der Waals surface area (Å²) in [5.74, 6) is 0.523. The average molecular weight is 284 g/mol. The summed E-state index contributed by atoms with van der Waals surface area (Å²) in [6.07, 6.45) is 6.36. The molecule has 112 valence electrons. The van der Waals surface area contributed by atoms with Crippen molar-refractivity contribution < 1.29 is 4.79 Å². The van der Waals surface area contributed by atoms with E-state index in [0.29, 0.717) is 0 Å². The molecule has 0 amide bonds. The predicted molar refractivity (Wildman–Crippen MR) is 86.9 cm³/mol. The minimum atomic E-state index is 0.239. The molecule has 1 heterocycles. The molecule has 1 fully saturated rings. The van der Waals surface area contributed by atoms with Crippen LogP contribution in [0.3, 0.4) is 0 Å². The zero-order chi connectivity index (χ0) is 15.0. The van der Waals surface area contributed by atoms with Crippen molar-refractivity contribution in [3.63, 3.8) is 0 Å². The molecule has 0 saturated heterocycles. The summed E-state index contributed by atoms with van der Waals surface area (Å²) >= 11 is 0. The van der Waals surface area contributed by atoms with E-state index in [4.69, 9.17) is 0 Å². The van der Waals surface area contributed by atoms with E-state index in [1.54, 1.807) is 0 Å². The lowest BCUT2D eigenvalue weighted by molar-refractivity contribution is 0.0770. The number of aromatic nitrogens is 1. The van der Waals surface area contributed by atoms with E-state index < -0.39 is 0 Å². The Kier molecular flexibility index (Phi) is 3.85. The van der Waals surface area contributed by atoms with Crippen LogP contribution in [0.2, 0.25) is 0 Å². The molecule has 21 heavy (non-hydrogen) atoms. The van der Waals surface area contributed by atoms with Gasteiger partial charge in [0, 0.05) is 24.0 Å². The quantitative estimate of drug-likeness (QED) is 0.858. The van der Waals surface area contributed by atoms with Crippen LogP contribution in [-0.4, -0.2) is 36.0 Å². The van der Waals surface area contributed by atoms with Crippen LogP contribution in [-0.2, 0) is 6.42 Å². The molecule has 1 aromatic heterocycles. The molecule has 0 N–H and O–H groups in total. The molecular weight excluding hydrogens is 260 g/mol. The maximum Gasteiger partial charge on any atom is 0.234 e. The van der Waals surface area contributed by atoms with Gasteiger partial charge in [-0.15, -0.1) is 0 Å². The van der Waals surface area contributed by atoms with Crippen molar-refractivity contribution in [2.45, 2.75) is 32.6 Å². The fourth-order valence-corrected chi connectivity index (χ4v) is 2.99. The highest BCUT2D eigenvalue weighted by Gasteiger charge is 2.27. The Balaban J connectivity index is 2.01. The van der Waals surface area contributed by atoms with Crippen molar-refractivity contribution in [2.75, 3.05) is 20.6 Å². The third kappa shape index (κ3) is 2.75. The number of fused-ring (bicyclic) bond motifs is 1. The number of nitrogens with zero attached hydrogens (tertiary/aromatic N) is 2. The van der Waals surface area contributed by atoms with Gasteiger partial charge in [-0.2, -0.15) is 0 Å². The average Bonchev–Trinajstić information content (AvgIpc) is 2.72. The van der Waals surface area contributed by atoms with Crippen molar-refractivity contribution in [1.29, 1.82) is 0 Å². The van der Waals surface area contributed by atoms with Crippen molar-refractivity contribution in [3.8, 4) is 0 Å². The molecule has 0 radical (unpaired) electrons. The largest absolute Gasteiger partial charge is 0.309 e. The zero-order valence-electron chi connectivity index (χ0n) is 13.2. The molecule has 3 heteroatoms. The van der Waals surface area contributed by atoms with Gasteiger partial charge in [0.1, 0.15) is 0 Å². The summed E-state index contributed by atoms with van der Waals surface area (Å²) in [4.78, 5) is 14.8. The van der Waals surface area contributed by atoms with Crippen LogP contribution < -0.4 is 0 Å². The van der Waals surface area contributed by atoms with Gasteiger partial charge in [-0.25, -0.2) is 0 Å². The summed E-state index contributed by atoms with van der Waals surface area (Å²) in [7, 11) is 4.17. The molecule has 0 bridgehead atoms. The first-order valence-corrected chi connectivity index (χ1v) is 7.86. The highest BCUT2D eigenvalue weighted by Crippen LogP contribution is 2.31. The number of benzene rings is 1. The molecule has 0 aliphatic heterocycles. The molecule has 1 aliphatic rings. The fourth-order valence-electron chi connectivity index (χ4n) is 2.99. The van der Waals surface area contributed by atoms with Gasteiger partial charge in [0.15, 0.2) is 0 Å². The van der Waals surface area contributed by atoms with Gasteiger partial charge in [-0.1, -0.05) is 18.1 Å². The molecule has 3 rings (SSSR count). The molecule has 1 aliphatic carbocycles. The van der Waals surface area contributed by atoms with Gasteiger partial charge < -0.3 is 4.90 Å². The Morgan fingerprint density at radius 1 is 1.33 bits per heavy atom. The van der Waals surface area contributed by atoms with Crippen LogP contribution in [0.25, 0.3) is 10.9 Å². The summed E-state index contributed by atoms with van der Waals surface area (Å²) in [5.41, 5.74) is 3.61. The predicted octanol–water partition coefficient (Wildman–Crippen LogP) is 3.49. The molecule has 1 saturated carbocycles. The molecule has 0 spiro atoms. The summed E-state index contributed by atoms with van der Waals surface area (Å²) in [6, 6.07) is 6.41. The SMILES string of the molecule is Cc1ccc2c(c1)c(CCN(C)C)cn2C(=O)C1CCC1. The summed E-state index contributed by atoms with van der Waals surface area (Å²) in [6.45, 7) is 3.12. The van der Waals surface area contributed by atoms with Gasteiger partial charge in [-0.3, -0.25) is 9.36 Å². The third-order valence-electron chi connectivity index (χ3n) is 4.56. The Hall–Kier alpha value is -1.61. The monoisotopic (exact) mass is 284 g/mol. The van der Waals surface area contributed by atoms with E-state index in [0.717, 1.165) is 31.3 Å². The summed E-state index contributed by atoms with van der Waals surface area (Å²) in [5, 5.41) is 1.24. The van der Waals surface area contributed by atoms with E-state index in [1.165, 1.54) is 22.9 Å². The number of hydrogen-bond donors (Lipinski definition) is 0. The molecule has 3 nitrogen and oxygen atoms in total. The van der Waals surface area contributed by atoms with Gasteiger partial charge in [0.25, 0.3) is 0 Å². The minimum absolute atomic E-state index is 0.239. The Bertz CT molecular complexity index is 665. The van der Waals surface area contributed by atoms with Crippen LogP contribution in [0, 0.1) is 12.8 Å². The van der Waals surface area contributed by atoms with Gasteiger partial charge in [0.2, 0.25) is 5.91 Å². The normalized spacial score (nSPS) is 15.6. The van der Waals surface area contributed by atoms with Crippen molar-refractivity contribution in [1.82, 2.24) is 9.47 Å². The van der Waals surface area contributed by atoms with E-state index in [9.17, 15) is 4.79 Å². The number of carbonyl (C=O) groups excluding carboxylic acids is 1. The molecule has 1 aromatic carbocycles. The molecule has 2 aromatic rings. The lowest BCUT2D eigenvalue weighted by atomic mass is 9.85. The lowest BCUT2D eigenvalue weighted by Gasteiger charge is -2.24. The Morgan fingerprint density at radius 3 is 2.71 bits per heavy atom. The first kappa shape index (κ1) is 14.3. The van der Waals surface area contributed by atoms with E-state index >= 15 is 0 Å². The topological polar surface area (TPSA) is 25.2 Å². The van der Waals surface area contributed by atoms with E-state index in [-0.39, 0.29) is 11.8 Å². The number of likely N-dealkylation sites (N-methyl/N-ethyl adjacent to an activating group) is 1. The first-order chi connectivity index (χ1) is 10.1. The number of hydrogen-bond acceptors (Lipinski definition) is 2. The van der Waals surface area contributed by atoms with Crippen LogP contribution in [0.1, 0.15) is 35.2 Å².